The van der Waals surface area contributed by atoms with Crippen molar-refractivity contribution in [1.29, 1.82) is 0 Å². The van der Waals surface area contributed by atoms with Crippen molar-refractivity contribution < 1.29 is 84.1 Å². The maximum atomic E-state index is 11.5. The molecular formula is C42H67BiO14Ti. The molecule has 0 aromatic rings. The molecule has 4 N–H and O–H groups in total. The zero-order valence-corrected chi connectivity index (χ0v) is 40.7. The normalized spacial score (nSPS) is 9.38. The van der Waals surface area contributed by atoms with E-state index in [1.165, 1.54) is 0 Å². The predicted octanol–water partition coefficient (Wildman–Crippen LogP) is 4.68. The summed E-state index contributed by atoms with van der Waals surface area (Å²) < 4.78 is 16.7. The van der Waals surface area contributed by atoms with E-state index in [2.05, 4.69) is 46.1 Å². The van der Waals surface area contributed by atoms with Gasteiger partial charge in [-0.3, -0.25) is 19.2 Å². The molecule has 0 unspecified atom stereocenters. The fraction of sp³-hybridized carbons (Fsp3) is 0.500. The van der Waals surface area contributed by atoms with Gasteiger partial charge in [0.25, 0.3) is 0 Å². The molecule has 0 aliphatic heterocycles. The molecule has 16 heteroatoms. The number of rotatable bonds is 27. The number of Topliss-reactive ketones (excluding diaryl/α,β-unsaturated/α-hetero) is 7. The molecule has 0 spiro atoms. The molecule has 0 atom stereocenters. The first-order valence-electron chi connectivity index (χ1n) is 17.8. The fourth-order valence-corrected chi connectivity index (χ4v) is 6.32. The second-order valence-electron chi connectivity index (χ2n) is 12.3. The number of hydrogen-bond donors (Lipinski definition) is 4. The molecular weight excluding hydrogens is 985 g/mol. The Morgan fingerprint density at radius 1 is 0.345 bits per heavy atom. The number of carbonyl (C=O) groups excluding carboxylic acids is 7. The number of ketones is 7. The minimum atomic E-state index is -3.24. The van der Waals surface area contributed by atoms with E-state index < -0.39 is 23.1 Å². The summed E-state index contributed by atoms with van der Waals surface area (Å²) in [7, 11) is 0. The SMILES string of the molecule is C=C(C)C(=O)CCO.C=C(C)C(=O)CCO.C=C(C)C(=O)CCO.C=C(C)C(=O)CCO.C=C(C)C(=O)CC[O][Bi]([O]CCC(=O)C(=C)C)[O]CCC(=O)C(=C)C.[Ti]. The molecule has 0 aliphatic rings. The molecule has 0 saturated carbocycles. The van der Waals surface area contributed by atoms with Gasteiger partial charge in [-0.2, -0.15) is 0 Å². The van der Waals surface area contributed by atoms with Gasteiger partial charge in [0.2, 0.25) is 0 Å². The first kappa shape index (κ1) is 67.0. The van der Waals surface area contributed by atoms with Crippen molar-refractivity contribution in [2.45, 2.75) is 93.4 Å². The van der Waals surface area contributed by atoms with Crippen molar-refractivity contribution in [3.05, 3.63) is 85.1 Å². The van der Waals surface area contributed by atoms with Gasteiger partial charge in [0.1, 0.15) is 0 Å². The van der Waals surface area contributed by atoms with E-state index in [9.17, 15) is 33.6 Å². The summed E-state index contributed by atoms with van der Waals surface area (Å²) in [6, 6.07) is 0. The van der Waals surface area contributed by atoms with Crippen LogP contribution >= 0.6 is 0 Å². The first-order valence-corrected chi connectivity index (χ1v) is 22.1. The van der Waals surface area contributed by atoms with Crippen LogP contribution in [0.3, 0.4) is 0 Å². The summed E-state index contributed by atoms with van der Waals surface area (Å²) in [6.07, 6.45) is 1.41. The van der Waals surface area contributed by atoms with E-state index in [4.69, 9.17) is 28.9 Å². The molecule has 0 aliphatic carbocycles. The van der Waals surface area contributed by atoms with Crippen LogP contribution in [0.2, 0.25) is 0 Å². The van der Waals surface area contributed by atoms with Gasteiger partial charge in [0.05, 0.1) is 26.4 Å². The predicted molar refractivity (Wildman–Crippen MR) is 223 cm³/mol. The van der Waals surface area contributed by atoms with E-state index in [-0.39, 0.29) is 153 Å². The summed E-state index contributed by atoms with van der Waals surface area (Å²) in [5.74, 6) is -0.503. The van der Waals surface area contributed by atoms with Crippen LogP contribution in [0.1, 0.15) is 93.4 Å². The minimum Gasteiger partial charge on any atom is 0 e. The molecule has 0 saturated heterocycles. The minimum absolute atomic E-state index is 0. The van der Waals surface area contributed by atoms with Crippen LogP contribution in [0, 0.1) is 0 Å². The van der Waals surface area contributed by atoms with E-state index in [0.29, 0.717) is 39.0 Å². The Kier molecular flexibility index (Phi) is 50.5. The van der Waals surface area contributed by atoms with E-state index in [1.54, 1.807) is 48.5 Å². The van der Waals surface area contributed by atoms with Crippen LogP contribution in [0.25, 0.3) is 0 Å². The Labute approximate surface area is 370 Å². The average molecular weight is 1050 g/mol. The summed E-state index contributed by atoms with van der Waals surface area (Å²) in [5.41, 5.74) is 3.46. The molecule has 0 rings (SSSR count). The van der Waals surface area contributed by atoms with Gasteiger partial charge >= 0.3 is 160 Å². The number of carbonyl (C=O) groups is 7. The van der Waals surface area contributed by atoms with Gasteiger partial charge in [-0.25, -0.2) is 0 Å². The summed E-state index contributed by atoms with van der Waals surface area (Å²) in [6.45, 7) is 36.1. The third-order valence-corrected chi connectivity index (χ3v) is 10.9. The topological polar surface area (TPSA) is 228 Å². The maximum Gasteiger partial charge on any atom is 0 e. The maximum absolute atomic E-state index is 11.5. The molecule has 328 valence electrons. The van der Waals surface area contributed by atoms with Gasteiger partial charge in [-0.1, -0.05) is 26.3 Å². The molecule has 0 aromatic heterocycles. The summed E-state index contributed by atoms with van der Waals surface area (Å²) in [4.78, 5) is 76.5. The van der Waals surface area contributed by atoms with Crippen molar-refractivity contribution in [3.63, 3.8) is 0 Å². The van der Waals surface area contributed by atoms with E-state index >= 15 is 0 Å². The Morgan fingerprint density at radius 3 is 0.586 bits per heavy atom. The molecule has 58 heavy (non-hydrogen) atoms. The Balaban J connectivity index is -0.000000167. The second kappa shape index (κ2) is 43.8. The van der Waals surface area contributed by atoms with Crippen molar-refractivity contribution in [2.75, 3.05) is 46.2 Å². The molecule has 0 bridgehead atoms. The zero-order chi connectivity index (χ0) is 45.7. The Morgan fingerprint density at radius 2 is 0.483 bits per heavy atom. The largest absolute Gasteiger partial charge is 0 e. The molecule has 14 nitrogen and oxygen atoms in total. The van der Waals surface area contributed by atoms with Crippen LogP contribution in [0.15, 0.2) is 85.1 Å². The van der Waals surface area contributed by atoms with Crippen LogP contribution in [0.4, 0.5) is 0 Å². The van der Waals surface area contributed by atoms with E-state index in [0.717, 1.165) is 0 Å². The molecule has 0 heterocycles. The first-order chi connectivity index (χ1) is 26.4. The number of allylic oxidation sites excluding steroid dienone is 7. The standard InChI is InChI=1S/4C6H10O2.3C6H9O2.Bi.Ti/c7*1-5(2)6(8)3-4-7;;/h4*7H,1,3-4H2,2H3;3*1,3-4H2,2H3;;/q;;;;3*-1;+3;. The summed E-state index contributed by atoms with van der Waals surface area (Å²) >= 11 is -3.24. The van der Waals surface area contributed by atoms with Crippen molar-refractivity contribution in [3.8, 4) is 0 Å². The fourth-order valence-electron chi connectivity index (χ4n) is 2.65. The van der Waals surface area contributed by atoms with E-state index in [1.807, 2.05) is 0 Å². The van der Waals surface area contributed by atoms with Crippen molar-refractivity contribution >= 4 is 63.6 Å². The Hall–Kier alpha value is -2.81. The van der Waals surface area contributed by atoms with Gasteiger partial charge in [-0.15, -0.1) is 0 Å². The van der Waals surface area contributed by atoms with Gasteiger partial charge < -0.3 is 20.4 Å². The average Bonchev–Trinajstić information content (AvgIpc) is 3.12. The Bertz CT molecular complexity index is 1210. The van der Waals surface area contributed by atoms with Crippen LogP contribution < -0.4 is 0 Å². The second-order valence-corrected chi connectivity index (χ2v) is 17.0. The van der Waals surface area contributed by atoms with Crippen molar-refractivity contribution in [2.24, 2.45) is 0 Å². The van der Waals surface area contributed by atoms with Gasteiger partial charge in [0.15, 0.2) is 23.1 Å². The van der Waals surface area contributed by atoms with Crippen molar-refractivity contribution in [1.82, 2.24) is 0 Å². The number of aliphatic hydroxyl groups is 4. The van der Waals surface area contributed by atoms with Gasteiger partial charge in [0, 0.05) is 47.4 Å². The van der Waals surface area contributed by atoms with Crippen LogP contribution in [0.5, 0.6) is 0 Å². The third kappa shape index (κ3) is 47.6. The van der Waals surface area contributed by atoms with Crippen LogP contribution in [-0.2, 0) is 63.7 Å². The summed E-state index contributed by atoms with van der Waals surface area (Å²) in [5, 5.41) is 32.9. The van der Waals surface area contributed by atoms with Crippen LogP contribution in [-0.4, -0.2) is 130 Å². The monoisotopic (exact) mass is 1050 g/mol. The molecule has 0 aromatic carbocycles. The molecule has 0 fully saturated rings. The smallest absolute Gasteiger partial charge is 0 e. The van der Waals surface area contributed by atoms with Gasteiger partial charge in [-0.05, 0) is 50.0 Å². The quantitative estimate of drug-likeness (QED) is 0.0648. The molecule has 0 radical (unpaired) electrons. The number of aliphatic hydroxyl groups excluding tert-OH is 4. The number of hydrogen-bond acceptors (Lipinski definition) is 14. The molecule has 0 amide bonds. The zero-order valence-electron chi connectivity index (χ0n) is 35.7. The third-order valence-electron chi connectivity index (χ3n) is 6.26.